The SMILES string of the molecule is CCN(Cc1ccncc1)c1ccc(C#N)nc1. The summed E-state index contributed by atoms with van der Waals surface area (Å²) in [4.78, 5) is 10.3. The molecule has 2 aromatic heterocycles. The number of anilines is 1. The molecule has 0 aliphatic carbocycles. The molecule has 4 nitrogen and oxygen atoms in total. The molecule has 0 atom stereocenters. The van der Waals surface area contributed by atoms with Crippen LogP contribution in [0.3, 0.4) is 0 Å². The highest BCUT2D eigenvalue weighted by atomic mass is 15.1. The number of nitriles is 1. The average molecular weight is 238 g/mol. The Morgan fingerprint density at radius 3 is 2.56 bits per heavy atom. The minimum Gasteiger partial charge on any atom is -0.366 e. The van der Waals surface area contributed by atoms with Crippen LogP contribution in [0, 0.1) is 11.3 Å². The molecule has 0 radical (unpaired) electrons. The van der Waals surface area contributed by atoms with Crippen LogP contribution in [0.4, 0.5) is 5.69 Å². The van der Waals surface area contributed by atoms with Gasteiger partial charge in [-0.25, -0.2) is 4.98 Å². The second-order valence-corrected chi connectivity index (χ2v) is 3.88. The maximum Gasteiger partial charge on any atom is 0.140 e. The van der Waals surface area contributed by atoms with Gasteiger partial charge in [-0.15, -0.1) is 0 Å². The van der Waals surface area contributed by atoms with Gasteiger partial charge in [-0.1, -0.05) is 0 Å². The van der Waals surface area contributed by atoms with E-state index in [4.69, 9.17) is 5.26 Å². The first-order chi connectivity index (χ1) is 8.83. The first kappa shape index (κ1) is 12.1. The molecular weight excluding hydrogens is 224 g/mol. The molecule has 0 N–H and O–H groups in total. The van der Waals surface area contributed by atoms with Gasteiger partial charge in [0.1, 0.15) is 11.8 Å². The number of hydrogen-bond donors (Lipinski definition) is 0. The van der Waals surface area contributed by atoms with Crippen molar-refractivity contribution in [1.82, 2.24) is 9.97 Å². The fraction of sp³-hybridized carbons (Fsp3) is 0.214. The lowest BCUT2D eigenvalue weighted by Gasteiger charge is -2.22. The first-order valence-electron chi connectivity index (χ1n) is 5.83. The van der Waals surface area contributed by atoms with Crippen molar-refractivity contribution in [3.63, 3.8) is 0 Å². The fourth-order valence-electron chi connectivity index (χ4n) is 1.73. The normalized spacial score (nSPS) is 9.78. The maximum absolute atomic E-state index is 8.73. The van der Waals surface area contributed by atoms with E-state index in [0.29, 0.717) is 5.69 Å². The monoisotopic (exact) mass is 238 g/mol. The molecule has 0 amide bonds. The van der Waals surface area contributed by atoms with Crippen molar-refractivity contribution in [2.24, 2.45) is 0 Å². The van der Waals surface area contributed by atoms with Crippen molar-refractivity contribution < 1.29 is 0 Å². The first-order valence-corrected chi connectivity index (χ1v) is 5.83. The predicted molar refractivity (Wildman–Crippen MR) is 69.9 cm³/mol. The quantitative estimate of drug-likeness (QED) is 0.820. The van der Waals surface area contributed by atoms with Crippen molar-refractivity contribution in [2.45, 2.75) is 13.5 Å². The van der Waals surface area contributed by atoms with Crippen LogP contribution in [-0.2, 0) is 6.54 Å². The number of nitrogens with zero attached hydrogens (tertiary/aromatic N) is 4. The third-order valence-electron chi connectivity index (χ3n) is 2.73. The van der Waals surface area contributed by atoms with Crippen molar-refractivity contribution in [2.75, 3.05) is 11.4 Å². The summed E-state index contributed by atoms with van der Waals surface area (Å²) in [5.41, 5.74) is 2.67. The summed E-state index contributed by atoms with van der Waals surface area (Å²) in [6, 6.07) is 9.69. The second-order valence-electron chi connectivity index (χ2n) is 3.88. The van der Waals surface area contributed by atoms with Gasteiger partial charge in [0.05, 0.1) is 11.9 Å². The summed E-state index contributed by atoms with van der Waals surface area (Å²) < 4.78 is 0. The van der Waals surface area contributed by atoms with E-state index in [2.05, 4.69) is 21.8 Å². The largest absolute Gasteiger partial charge is 0.366 e. The summed E-state index contributed by atoms with van der Waals surface area (Å²) in [6.07, 6.45) is 5.32. The van der Waals surface area contributed by atoms with E-state index < -0.39 is 0 Å². The van der Waals surface area contributed by atoms with Crippen LogP contribution in [0.5, 0.6) is 0 Å². The molecule has 2 rings (SSSR count). The molecule has 0 fully saturated rings. The molecule has 0 aliphatic heterocycles. The number of aromatic nitrogens is 2. The standard InChI is InChI=1S/C14H14N4/c1-2-18(11-12-5-7-16-8-6-12)14-4-3-13(9-15)17-10-14/h3-8,10H,2,11H2,1H3. The lowest BCUT2D eigenvalue weighted by Crippen LogP contribution is -2.22. The average Bonchev–Trinajstić information content (AvgIpc) is 2.46. The maximum atomic E-state index is 8.73. The van der Waals surface area contributed by atoms with Crippen LogP contribution in [0.1, 0.15) is 18.2 Å². The Bertz CT molecular complexity index is 528. The predicted octanol–water partition coefficient (Wildman–Crippen LogP) is 2.37. The van der Waals surface area contributed by atoms with Crippen LogP contribution < -0.4 is 4.90 Å². The lowest BCUT2D eigenvalue weighted by atomic mass is 10.2. The van der Waals surface area contributed by atoms with Crippen molar-refractivity contribution in [1.29, 1.82) is 5.26 Å². The van der Waals surface area contributed by atoms with Gasteiger partial charge in [0, 0.05) is 25.5 Å². The highest BCUT2D eigenvalue weighted by Crippen LogP contribution is 2.15. The van der Waals surface area contributed by atoms with E-state index in [-0.39, 0.29) is 0 Å². The minimum absolute atomic E-state index is 0.443. The van der Waals surface area contributed by atoms with Gasteiger partial charge in [0.2, 0.25) is 0 Å². The molecule has 18 heavy (non-hydrogen) atoms. The summed E-state index contributed by atoms with van der Waals surface area (Å²) in [5.74, 6) is 0. The molecule has 2 heterocycles. The molecule has 0 saturated carbocycles. The van der Waals surface area contributed by atoms with Gasteiger partial charge in [-0.2, -0.15) is 5.26 Å². The lowest BCUT2D eigenvalue weighted by molar-refractivity contribution is 0.827. The molecule has 0 saturated heterocycles. The Balaban J connectivity index is 2.15. The smallest absolute Gasteiger partial charge is 0.140 e. The summed E-state index contributed by atoms with van der Waals surface area (Å²) in [5, 5.41) is 8.73. The van der Waals surface area contributed by atoms with E-state index in [1.165, 1.54) is 5.56 Å². The van der Waals surface area contributed by atoms with Gasteiger partial charge in [-0.3, -0.25) is 4.98 Å². The minimum atomic E-state index is 0.443. The van der Waals surface area contributed by atoms with Gasteiger partial charge in [-0.05, 0) is 36.8 Å². The molecule has 90 valence electrons. The zero-order valence-corrected chi connectivity index (χ0v) is 10.2. The highest BCUT2D eigenvalue weighted by molar-refractivity contribution is 5.46. The Labute approximate surface area is 107 Å². The topological polar surface area (TPSA) is 52.8 Å². The van der Waals surface area contributed by atoms with Crippen LogP contribution >= 0.6 is 0 Å². The van der Waals surface area contributed by atoms with Crippen molar-refractivity contribution >= 4 is 5.69 Å². The Morgan fingerprint density at radius 1 is 1.22 bits per heavy atom. The number of hydrogen-bond acceptors (Lipinski definition) is 4. The van der Waals surface area contributed by atoms with E-state index in [9.17, 15) is 0 Å². The summed E-state index contributed by atoms with van der Waals surface area (Å²) >= 11 is 0. The van der Waals surface area contributed by atoms with Gasteiger partial charge in [0.15, 0.2) is 0 Å². The molecule has 2 aromatic rings. The van der Waals surface area contributed by atoms with E-state index in [0.717, 1.165) is 18.8 Å². The molecule has 0 aliphatic rings. The molecule has 0 bridgehead atoms. The van der Waals surface area contributed by atoms with Gasteiger partial charge >= 0.3 is 0 Å². The van der Waals surface area contributed by atoms with Gasteiger partial charge < -0.3 is 4.90 Å². The molecule has 0 aromatic carbocycles. The van der Waals surface area contributed by atoms with E-state index in [1.54, 1.807) is 24.7 Å². The Kier molecular flexibility index (Phi) is 3.87. The summed E-state index contributed by atoms with van der Waals surface area (Å²) in [7, 11) is 0. The van der Waals surface area contributed by atoms with E-state index >= 15 is 0 Å². The second kappa shape index (κ2) is 5.78. The number of rotatable bonds is 4. The summed E-state index contributed by atoms with van der Waals surface area (Å²) in [6.45, 7) is 3.79. The van der Waals surface area contributed by atoms with Crippen LogP contribution in [0.15, 0.2) is 42.9 Å². The zero-order chi connectivity index (χ0) is 12.8. The highest BCUT2D eigenvalue weighted by Gasteiger charge is 2.05. The van der Waals surface area contributed by atoms with Crippen molar-refractivity contribution in [3.05, 3.63) is 54.1 Å². The van der Waals surface area contributed by atoms with Crippen molar-refractivity contribution in [3.8, 4) is 6.07 Å². The fourth-order valence-corrected chi connectivity index (χ4v) is 1.73. The van der Waals surface area contributed by atoms with Crippen LogP contribution in [0.25, 0.3) is 0 Å². The number of pyridine rings is 2. The Hall–Kier alpha value is -2.41. The van der Waals surface area contributed by atoms with Gasteiger partial charge in [0.25, 0.3) is 0 Å². The van der Waals surface area contributed by atoms with E-state index in [1.807, 2.05) is 24.3 Å². The van der Waals surface area contributed by atoms with Crippen LogP contribution in [-0.4, -0.2) is 16.5 Å². The zero-order valence-electron chi connectivity index (χ0n) is 10.2. The van der Waals surface area contributed by atoms with Crippen LogP contribution in [0.2, 0.25) is 0 Å². The molecular formula is C14H14N4. The third kappa shape index (κ3) is 2.83. The molecule has 0 unspecified atom stereocenters. The molecule has 0 spiro atoms. The third-order valence-corrected chi connectivity index (χ3v) is 2.73. The molecule has 4 heteroatoms. The Morgan fingerprint density at radius 2 is 2.00 bits per heavy atom.